The number of benzene rings is 2. The Morgan fingerprint density at radius 2 is 1.88 bits per heavy atom. The van der Waals surface area contributed by atoms with Crippen molar-refractivity contribution in [2.45, 2.75) is 44.6 Å². The number of hydrogen-bond donors (Lipinski definition) is 2. The van der Waals surface area contributed by atoms with E-state index in [9.17, 15) is 0 Å². The molecule has 0 bridgehead atoms. The summed E-state index contributed by atoms with van der Waals surface area (Å²) >= 11 is 0. The van der Waals surface area contributed by atoms with Crippen LogP contribution in [0.25, 0.3) is 22.0 Å². The molecule has 6 nitrogen and oxygen atoms in total. The molecule has 4 aromatic rings. The molecule has 1 fully saturated rings. The second-order valence-electron chi connectivity index (χ2n) is 8.97. The SMILES string of the molecule is c1ccc2cc(-c3ccnc(NC(COCC4CCCCC4)Cc4c[nH]cn4)n3)ccc2c1. The Labute approximate surface area is 194 Å². The molecule has 1 unspecified atom stereocenters. The molecular weight excluding hydrogens is 410 g/mol. The van der Waals surface area contributed by atoms with Crippen LogP contribution < -0.4 is 5.32 Å². The van der Waals surface area contributed by atoms with E-state index in [4.69, 9.17) is 9.72 Å². The van der Waals surface area contributed by atoms with Crippen LogP contribution in [0.2, 0.25) is 0 Å². The van der Waals surface area contributed by atoms with Crippen molar-refractivity contribution in [1.29, 1.82) is 0 Å². The smallest absolute Gasteiger partial charge is 0.223 e. The lowest BCUT2D eigenvalue weighted by Gasteiger charge is -2.23. The molecule has 5 rings (SSSR count). The van der Waals surface area contributed by atoms with E-state index in [0.717, 1.165) is 30.0 Å². The lowest BCUT2D eigenvalue weighted by molar-refractivity contribution is 0.0787. The van der Waals surface area contributed by atoms with Crippen molar-refractivity contribution in [2.75, 3.05) is 18.5 Å². The fourth-order valence-corrected chi connectivity index (χ4v) is 4.66. The Balaban J connectivity index is 1.29. The molecule has 2 aromatic heterocycles. The normalized spacial score (nSPS) is 15.5. The maximum atomic E-state index is 6.16. The van der Waals surface area contributed by atoms with Gasteiger partial charge in [-0.2, -0.15) is 0 Å². The minimum Gasteiger partial charge on any atom is -0.379 e. The van der Waals surface area contributed by atoms with Crippen molar-refractivity contribution in [1.82, 2.24) is 19.9 Å². The largest absolute Gasteiger partial charge is 0.379 e. The summed E-state index contributed by atoms with van der Waals surface area (Å²) in [6.45, 7) is 1.43. The highest BCUT2D eigenvalue weighted by atomic mass is 16.5. The third kappa shape index (κ3) is 5.76. The fraction of sp³-hybridized carbons (Fsp3) is 0.370. The Bertz CT molecular complexity index is 1150. The van der Waals surface area contributed by atoms with Gasteiger partial charge in [0.2, 0.25) is 5.95 Å². The van der Waals surface area contributed by atoms with E-state index in [1.54, 1.807) is 6.33 Å². The molecule has 6 heteroatoms. The maximum Gasteiger partial charge on any atom is 0.223 e. The Morgan fingerprint density at radius 1 is 1.00 bits per heavy atom. The predicted molar refractivity (Wildman–Crippen MR) is 132 cm³/mol. The summed E-state index contributed by atoms with van der Waals surface area (Å²) in [7, 11) is 0. The van der Waals surface area contributed by atoms with Crippen molar-refractivity contribution in [2.24, 2.45) is 5.92 Å². The van der Waals surface area contributed by atoms with Gasteiger partial charge in [0.1, 0.15) is 0 Å². The number of rotatable bonds is 9. The summed E-state index contributed by atoms with van der Waals surface area (Å²) in [4.78, 5) is 16.7. The molecule has 2 aromatic carbocycles. The Kier molecular flexibility index (Phi) is 6.92. The number of aromatic amines is 1. The van der Waals surface area contributed by atoms with Crippen LogP contribution in [0.3, 0.4) is 0 Å². The van der Waals surface area contributed by atoms with E-state index in [1.165, 1.54) is 42.9 Å². The maximum absolute atomic E-state index is 6.16. The first-order valence-electron chi connectivity index (χ1n) is 12.0. The van der Waals surface area contributed by atoms with Crippen LogP contribution in [-0.2, 0) is 11.2 Å². The highest BCUT2D eigenvalue weighted by Crippen LogP contribution is 2.25. The van der Waals surface area contributed by atoms with Crippen LogP contribution in [0.4, 0.5) is 5.95 Å². The average Bonchev–Trinajstić information content (AvgIpc) is 3.38. The van der Waals surface area contributed by atoms with Crippen molar-refractivity contribution in [3.8, 4) is 11.3 Å². The summed E-state index contributed by atoms with van der Waals surface area (Å²) < 4.78 is 6.16. The molecule has 0 amide bonds. The minimum absolute atomic E-state index is 0.0451. The van der Waals surface area contributed by atoms with Crippen LogP contribution in [0.5, 0.6) is 0 Å². The zero-order valence-electron chi connectivity index (χ0n) is 18.9. The molecular formula is C27H31N5O. The molecule has 1 saturated carbocycles. The van der Waals surface area contributed by atoms with E-state index in [1.807, 2.05) is 18.5 Å². The highest BCUT2D eigenvalue weighted by Gasteiger charge is 2.17. The molecule has 170 valence electrons. The number of fused-ring (bicyclic) bond motifs is 1. The summed E-state index contributed by atoms with van der Waals surface area (Å²) in [6, 6.07) is 16.8. The lowest BCUT2D eigenvalue weighted by atomic mass is 9.90. The minimum atomic E-state index is 0.0451. The first-order chi connectivity index (χ1) is 16.3. The lowest BCUT2D eigenvalue weighted by Crippen LogP contribution is -2.30. The fourth-order valence-electron chi connectivity index (χ4n) is 4.66. The van der Waals surface area contributed by atoms with Crippen LogP contribution in [-0.4, -0.2) is 39.2 Å². The molecule has 0 saturated heterocycles. The van der Waals surface area contributed by atoms with E-state index in [-0.39, 0.29) is 6.04 Å². The van der Waals surface area contributed by atoms with Gasteiger partial charge < -0.3 is 15.0 Å². The number of hydrogen-bond acceptors (Lipinski definition) is 5. The molecule has 2 heterocycles. The Morgan fingerprint density at radius 3 is 2.73 bits per heavy atom. The number of H-pyrrole nitrogens is 1. The molecule has 0 aliphatic heterocycles. The second-order valence-corrected chi connectivity index (χ2v) is 8.97. The van der Waals surface area contributed by atoms with Crippen molar-refractivity contribution in [3.63, 3.8) is 0 Å². The molecule has 1 aliphatic rings. The van der Waals surface area contributed by atoms with E-state index in [2.05, 4.69) is 62.7 Å². The topological polar surface area (TPSA) is 75.7 Å². The average molecular weight is 442 g/mol. The zero-order chi connectivity index (χ0) is 22.3. The number of nitrogens with zero attached hydrogens (tertiary/aromatic N) is 3. The zero-order valence-corrected chi connectivity index (χ0v) is 18.9. The van der Waals surface area contributed by atoms with Gasteiger partial charge in [0.25, 0.3) is 0 Å². The van der Waals surface area contributed by atoms with Crippen LogP contribution >= 0.6 is 0 Å². The van der Waals surface area contributed by atoms with Crippen LogP contribution in [0.15, 0.2) is 67.3 Å². The van der Waals surface area contributed by atoms with Gasteiger partial charge >= 0.3 is 0 Å². The summed E-state index contributed by atoms with van der Waals surface area (Å²) in [6.07, 6.45) is 12.8. The molecule has 0 spiro atoms. The summed E-state index contributed by atoms with van der Waals surface area (Å²) in [5, 5.41) is 5.93. The molecule has 1 atom stereocenters. The summed E-state index contributed by atoms with van der Waals surface area (Å²) in [5.41, 5.74) is 2.98. The predicted octanol–water partition coefficient (Wildman–Crippen LogP) is 5.64. The van der Waals surface area contributed by atoms with E-state index >= 15 is 0 Å². The van der Waals surface area contributed by atoms with Gasteiger partial charge in [0, 0.05) is 31.0 Å². The van der Waals surface area contributed by atoms with Crippen molar-refractivity contribution >= 4 is 16.7 Å². The third-order valence-electron chi connectivity index (χ3n) is 6.44. The first-order valence-corrected chi connectivity index (χ1v) is 12.0. The Hall–Kier alpha value is -3.25. The van der Waals surface area contributed by atoms with Crippen LogP contribution in [0, 0.1) is 5.92 Å². The quantitative estimate of drug-likeness (QED) is 0.351. The number of aromatic nitrogens is 4. The number of ether oxygens (including phenoxy) is 1. The first kappa shape index (κ1) is 21.6. The van der Waals surface area contributed by atoms with E-state index < -0.39 is 0 Å². The number of anilines is 1. The van der Waals surface area contributed by atoms with Gasteiger partial charge in [0.15, 0.2) is 0 Å². The van der Waals surface area contributed by atoms with Gasteiger partial charge in [-0.05, 0) is 41.7 Å². The highest BCUT2D eigenvalue weighted by molar-refractivity contribution is 5.86. The molecule has 33 heavy (non-hydrogen) atoms. The van der Waals surface area contributed by atoms with Crippen molar-refractivity contribution < 1.29 is 4.74 Å². The van der Waals surface area contributed by atoms with Crippen LogP contribution in [0.1, 0.15) is 37.8 Å². The monoisotopic (exact) mass is 441 g/mol. The summed E-state index contributed by atoms with van der Waals surface area (Å²) in [5.74, 6) is 1.31. The van der Waals surface area contributed by atoms with Gasteiger partial charge in [0.05, 0.1) is 30.4 Å². The molecule has 1 aliphatic carbocycles. The van der Waals surface area contributed by atoms with Gasteiger partial charge in [-0.25, -0.2) is 15.0 Å². The number of nitrogens with one attached hydrogen (secondary N) is 2. The van der Waals surface area contributed by atoms with Gasteiger partial charge in [-0.1, -0.05) is 55.7 Å². The third-order valence-corrected chi connectivity index (χ3v) is 6.44. The second kappa shape index (κ2) is 10.6. The van der Waals surface area contributed by atoms with Crippen molar-refractivity contribution in [3.05, 3.63) is 72.9 Å². The van der Waals surface area contributed by atoms with Gasteiger partial charge in [-0.15, -0.1) is 0 Å². The molecule has 0 radical (unpaired) electrons. The standard InChI is InChI=1S/C27H31N5O/c1-2-6-20(7-3-1)17-33-18-25(15-24-16-28-19-30-24)31-27-29-13-12-26(32-27)23-11-10-21-8-4-5-9-22(21)14-23/h4-5,8-14,16,19-20,25H,1-3,6-7,15,17-18H2,(H,28,30)(H,29,31,32). The van der Waals surface area contributed by atoms with E-state index in [0.29, 0.717) is 18.5 Å². The number of imidazole rings is 1. The molecule has 2 N–H and O–H groups in total. The van der Waals surface area contributed by atoms with Gasteiger partial charge in [-0.3, -0.25) is 0 Å².